The molecule has 1 aromatic carbocycles. The van der Waals surface area contributed by atoms with Crippen LogP contribution in [0, 0.1) is 0 Å². The van der Waals surface area contributed by atoms with Crippen molar-refractivity contribution in [3.05, 3.63) is 29.8 Å². The third-order valence-corrected chi connectivity index (χ3v) is 6.14. The minimum Gasteiger partial charge on any atom is -0.497 e. The molecule has 0 aliphatic carbocycles. The molecule has 1 aliphatic heterocycles. The molecule has 7 heteroatoms. The van der Waals surface area contributed by atoms with Crippen LogP contribution in [0.1, 0.15) is 12.0 Å². The molecule has 1 fully saturated rings. The second kappa shape index (κ2) is 9.72. The van der Waals surface area contributed by atoms with Crippen LogP contribution in [0.4, 0.5) is 0 Å². The van der Waals surface area contributed by atoms with E-state index < -0.39 is 0 Å². The number of thioether (sulfide) groups is 2. The Bertz CT molecular complexity index is 515. The first-order valence-electron chi connectivity index (χ1n) is 7.42. The second-order valence-corrected chi connectivity index (χ2v) is 7.62. The van der Waals surface area contributed by atoms with Crippen molar-refractivity contribution in [2.45, 2.75) is 18.2 Å². The van der Waals surface area contributed by atoms with E-state index in [2.05, 4.69) is 5.32 Å². The molecule has 5 nitrogen and oxygen atoms in total. The summed E-state index contributed by atoms with van der Waals surface area (Å²) >= 11 is 3.66. The predicted molar refractivity (Wildman–Crippen MR) is 94.0 cm³/mol. The molecule has 1 aliphatic rings. The zero-order valence-electron chi connectivity index (χ0n) is 13.1. The number of methoxy groups -OCH3 is 1. The summed E-state index contributed by atoms with van der Waals surface area (Å²) in [6.45, 7) is 0.176. The molecule has 0 saturated carbocycles. The van der Waals surface area contributed by atoms with E-state index in [1.54, 1.807) is 18.9 Å². The van der Waals surface area contributed by atoms with Crippen molar-refractivity contribution in [1.29, 1.82) is 0 Å². The molecule has 23 heavy (non-hydrogen) atoms. The Morgan fingerprint density at radius 3 is 2.70 bits per heavy atom. The SMILES string of the molecule is COc1ccc(CNC(=O)COC(=O)CC2CSCCS2)cc1. The van der Waals surface area contributed by atoms with Gasteiger partial charge in [-0.25, -0.2) is 0 Å². The molecule has 2 rings (SSSR count). The minimum absolute atomic E-state index is 0.223. The Morgan fingerprint density at radius 1 is 1.26 bits per heavy atom. The van der Waals surface area contributed by atoms with Crippen LogP contribution in [0.15, 0.2) is 24.3 Å². The van der Waals surface area contributed by atoms with Crippen LogP contribution in [0.25, 0.3) is 0 Å². The molecular weight excluding hydrogens is 334 g/mol. The van der Waals surface area contributed by atoms with Crippen LogP contribution in [-0.2, 0) is 20.9 Å². The van der Waals surface area contributed by atoms with Crippen molar-refractivity contribution in [3.63, 3.8) is 0 Å². The lowest BCUT2D eigenvalue weighted by Gasteiger charge is -2.19. The monoisotopic (exact) mass is 355 g/mol. The third kappa shape index (κ3) is 6.74. The fourth-order valence-corrected chi connectivity index (χ4v) is 4.70. The van der Waals surface area contributed by atoms with Crippen molar-refractivity contribution in [1.82, 2.24) is 5.32 Å². The Balaban J connectivity index is 1.62. The van der Waals surface area contributed by atoms with Gasteiger partial charge >= 0.3 is 5.97 Å². The van der Waals surface area contributed by atoms with E-state index in [0.29, 0.717) is 18.2 Å². The number of benzene rings is 1. The Labute approximate surface area is 144 Å². The van der Waals surface area contributed by atoms with Gasteiger partial charge < -0.3 is 14.8 Å². The highest BCUT2D eigenvalue weighted by Gasteiger charge is 2.19. The van der Waals surface area contributed by atoms with E-state index >= 15 is 0 Å². The number of ether oxygens (including phenoxy) is 2. The number of carbonyl (C=O) groups excluding carboxylic acids is 2. The molecule has 1 heterocycles. The summed E-state index contributed by atoms with van der Waals surface area (Å²) in [7, 11) is 1.61. The molecule has 0 radical (unpaired) electrons. The molecule has 1 unspecified atom stereocenters. The standard InChI is InChI=1S/C16H21NO4S2/c1-20-13-4-2-12(3-5-13)9-17-15(18)10-21-16(19)8-14-11-22-6-7-23-14/h2-5,14H,6-11H2,1H3,(H,17,18). The van der Waals surface area contributed by atoms with Gasteiger partial charge in [0.25, 0.3) is 5.91 Å². The van der Waals surface area contributed by atoms with Gasteiger partial charge in [0.15, 0.2) is 6.61 Å². The van der Waals surface area contributed by atoms with Gasteiger partial charge in [0, 0.05) is 29.1 Å². The van der Waals surface area contributed by atoms with Crippen molar-refractivity contribution in [2.24, 2.45) is 0 Å². The maximum Gasteiger partial charge on any atom is 0.307 e. The topological polar surface area (TPSA) is 64.6 Å². The molecule has 1 amide bonds. The molecule has 1 N–H and O–H groups in total. The average molecular weight is 355 g/mol. The summed E-state index contributed by atoms with van der Waals surface area (Å²) in [4.78, 5) is 23.4. The Morgan fingerprint density at radius 2 is 2.04 bits per heavy atom. The Hall–Kier alpha value is -1.34. The lowest BCUT2D eigenvalue weighted by molar-refractivity contribution is -0.148. The summed E-state index contributed by atoms with van der Waals surface area (Å²) in [5.74, 6) is 3.37. The summed E-state index contributed by atoms with van der Waals surface area (Å²) in [5.41, 5.74) is 0.959. The van der Waals surface area contributed by atoms with E-state index in [9.17, 15) is 9.59 Å². The third-order valence-electron chi connectivity index (χ3n) is 3.29. The number of rotatable bonds is 7. The number of hydrogen-bond donors (Lipinski definition) is 1. The number of nitrogens with one attached hydrogen (secondary N) is 1. The van der Waals surface area contributed by atoms with E-state index in [-0.39, 0.29) is 18.5 Å². The van der Waals surface area contributed by atoms with E-state index in [1.807, 2.05) is 36.0 Å². The van der Waals surface area contributed by atoms with Gasteiger partial charge in [0.05, 0.1) is 13.5 Å². The van der Waals surface area contributed by atoms with Crippen LogP contribution < -0.4 is 10.1 Å². The summed E-state index contributed by atoms with van der Waals surface area (Å²) in [6.07, 6.45) is 0.378. The van der Waals surface area contributed by atoms with Gasteiger partial charge in [-0.15, -0.1) is 0 Å². The molecule has 1 atom stereocenters. The van der Waals surface area contributed by atoms with Crippen molar-refractivity contribution in [2.75, 3.05) is 31.0 Å². The first-order chi connectivity index (χ1) is 11.2. The van der Waals surface area contributed by atoms with Gasteiger partial charge in [-0.2, -0.15) is 23.5 Å². The summed E-state index contributed by atoms with van der Waals surface area (Å²) in [5, 5.41) is 3.04. The number of carbonyl (C=O) groups is 2. The molecule has 1 aromatic rings. The zero-order chi connectivity index (χ0) is 16.5. The van der Waals surface area contributed by atoms with Crippen molar-refractivity contribution < 1.29 is 19.1 Å². The van der Waals surface area contributed by atoms with Crippen LogP contribution in [0.2, 0.25) is 0 Å². The second-order valence-electron chi connectivity index (χ2n) is 5.06. The van der Waals surface area contributed by atoms with Crippen LogP contribution in [0.5, 0.6) is 5.75 Å². The van der Waals surface area contributed by atoms with E-state index in [0.717, 1.165) is 28.6 Å². The fourth-order valence-electron chi connectivity index (χ4n) is 2.04. The highest BCUT2D eigenvalue weighted by molar-refractivity contribution is 8.06. The van der Waals surface area contributed by atoms with Gasteiger partial charge in [0.1, 0.15) is 5.75 Å². The normalized spacial score (nSPS) is 17.3. The van der Waals surface area contributed by atoms with Crippen molar-refractivity contribution in [3.8, 4) is 5.75 Å². The largest absolute Gasteiger partial charge is 0.497 e. The molecular formula is C16H21NO4S2. The predicted octanol–water partition coefficient (Wildman–Crippen LogP) is 2.09. The molecule has 0 aromatic heterocycles. The lowest BCUT2D eigenvalue weighted by atomic mass is 10.2. The summed E-state index contributed by atoms with van der Waals surface area (Å²) < 4.78 is 10.1. The fraction of sp³-hybridized carbons (Fsp3) is 0.500. The first-order valence-corrected chi connectivity index (χ1v) is 9.62. The lowest BCUT2D eigenvalue weighted by Crippen LogP contribution is -2.29. The van der Waals surface area contributed by atoms with E-state index in [4.69, 9.17) is 9.47 Å². The number of esters is 1. The first kappa shape index (κ1) is 18.0. The van der Waals surface area contributed by atoms with Gasteiger partial charge in [-0.3, -0.25) is 9.59 Å². The average Bonchev–Trinajstić information content (AvgIpc) is 2.59. The van der Waals surface area contributed by atoms with Gasteiger partial charge in [0.2, 0.25) is 0 Å². The smallest absolute Gasteiger partial charge is 0.307 e. The van der Waals surface area contributed by atoms with E-state index in [1.165, 1.54) is 0 Å². The molecule has 1 saturated heterocycles. The quantitative estimate of drug-likeness (QED) is 0.756. The van der Waals surface area contributed by atoms with Crippen LogP contribution >= 0.6 is 23.5 Å². The number of amides is 1. The maximum atomic E-state index is 11.7. The molecule has 0 bridgehead atoms. The summed E-state index contributed by atoms with van der Waals surface area (Å²) in [6, 6.07) is 7.43. The maximum absolute atomic E-state index is 11.7. The highest BCUT2D eigenvalue weighted by atomic mass is 32.2. The van der Waals surface area contributed by atoms with Crippen LogP contribution in [-0.4, -0.2) is 48.1 Å². The zero-order valence-corrected chi connectivity index (χ0v) is 14.7. The Kier molecular flexibility index (Phi) is 7.61. The van der Waals surface area contributed by atoms with Crippen LogP contribution in [0.3, 0.4) is 0 Å². The van der Waals surface area contributed by atoms with Crippen molar-refractivity contribution >= 4 is 35.4 Å². The molecule has 126 valence electrons. The molecule has 0 spiro atoms. The van der Waals surface area contributed by atoms with Gasteiger partial charge in [-0.1, -0.05) is 12.1 Å². The number of hydrogen-bond acceptors (Lipinski definition) is 6. The van der Waals surface area contributed by atoms with Gasteiger partial charge in [-0.05, 0) is 17.7 Å². The highest BCUT2D eigenvalue weighted by Crippen LogP contribution is 2.26. The minimum atomic E-state index is -0.301.